The van der Waals surface area contributed by atoms with E-state index in [9.17, 15) is 9.59 Å². The average molecular weight is 363 g/mol. The highest BCUT2D eigenvalue weighted by Crippen LogP contribution is 2.47. The number of dihydropyridines is 1. The number of rotatable bonds is 6. The summed E-state index contributed by atoms with van der Waals surface area (Å²) in [7, 11) is 6.97. The normalized spacial score (nSPS) is 13.7. The quantitative estimate of drug-likeness (QED) is 0.761. The van der Waals surface area contributed by atoms with Crippen LogP contribution in [0.2, 0.25) is 0 Å². The molecule has 0 saturated carbocycles. The molecule has 2 rings (SSSR count). The molecular formula is C18H21NO7. The molecule has 1 aromatic carbocycles. The monoisotopic (exact) mass is 363 g/mol. The summed E-state index contributed by atoms with van der Waals surface area (Å²) < 4.78 is 25.9. The molecule has 0 atom stereocenters. The zero-order chi connectivity index (χ0) is 19.3. The number of esters is 2. The number of hydrogen-bond acceptors (Lipinski definition) is 8. The molecule has 1 aliphatic heterocycles. The molecule has 0 radical (unpaired) electrons. The molecule has 140 valence electrons. The van der Waals surface area contributed by atoms with Gasteiger partial charge >= 0.3 is 11.9 Å². The van der Waals surface area contributed by atoms with Gasteiger partial charge in [0.25, 0.3) is 0 Å². The van der Waals surface area contributed by atoms with Crippen LogP contribution in [0.1, 0.15) is 11.5 Å². The minimum Gasteiger partial charge on any atom is -0.493 e. The van der Waals surface area contributed by atoms with Crippen LogP contribution in [0.15, 0.2) is 35.7 Å². The van der Waals surface area contributed by atoms with Gasteiger partial charge in [0.1, 0.15) is 0 Å². The van der Waals surface area contributed by atoms with Gasteiger partial charge in [-0.15, -0.1) is 0 Å². The Hall–Kier alpha value is -3.16. The van der Waals surface area contributed by atoms with Crippen molar-refractivity contribution in [1.29, 1.82) is 0 Å². The number of hydrogen-bond donors (Lipinski definition) is 1. The fourth-order valence-corrected chi connectivity index (χ4v) is 2.83. The van der Waals surface area contributed by atoms with Gasteiger partial charge in [-0.2, -0.15) is 0 Å². The van der Waals surface area contributed by atoms with Crippen LogP contribution in [0.4, 0.5) is 0 Å². The second kappa shape index (κ2) is 8.28. The van der Waals surface area contributed by atoms with Crippen LogP contribution >= 0.6 is 0 Å². The predicted molar refractivity (Wildman–Crippen MR) is 92.2 cm³/mol. The maximum absolute atomic E-state index is 12.3. The number of carbonyl (C=O) groups excluding carboxylic acids is 2. The van der Waals surface area contributed by atoms with Crippen molar-refractivity contribution in [2.75, 3.05) is 35.5 Å². The molecule has 0 bridgehead atoms. The van der Waals surface area contributed by atoms with Crippen LogP contribution < -0.4 is 19.5 Å². The van der Waals surface area contributed by atoms with E-state index in [1.807, 2.05) is 0 Å². The molecule has 0 fully saturated rings. The fourth-order valence-electron chi connectivity index (χ4n) is 2.83. The first-order chi connectivity index (χ1) is 12.5. The molecule has 1 aliphatic rings. The van der Waals surface area contributed by atoms with Crippen LogP contribution in [0, 0.1) is 0 Å². The van der Waals surface area contributed by atoms with E-state index in [4.69, 9.17) is 23.7 Å². The van der Waals surface area contributed by atoms with E-state index in [-0.39, 0.29) is 11.1 Å². The lowest BCUT2D eigenvalue weighted by Crippen LogP contribution is -2.26. The summed E-state index contributed by atoms with van der Waals surface area (Å²) in [4.78, 5) is 24.6. The maximum atomic E-state index is 12.3. The van der Waals surface area contributed by atoms with E-state index in [2.05, 4.69) is 5.32 Å². The van der Waals surface area contributed by atoms with Crippen molar-refractivity contribution in [3.8, 4) is 17.2 Å². The molecule has 8 heteroatoms. The van der Waals surface area contributed by atoms with Gasteiger partial charge in [-0.3, -0.25) is 0 Å². The molecule has 0 aliphatic carbocycles. The average Bonchev–Trinajstić information content (AvgIpc) is 2.70. The van der Waals surface area contributed by atoms with Gasteiger partial charge < -0.3 is 29.0 Å². The molecule has 0 aromatic heterocycles. The van der Waals surface area contributed by atoms with Gasteiger partial charge in [0.15, 0.2) is 11.5 Å². The minimum absolute atomic E-state index is 0.223. The standard InChI is InChI=1S/C18H21NO7/c1-22-13-7-6-10(15(23-2)16(13)24-3)14-11(17(20)25-4)8-19-9-12(14)18(21)26-5/h6-9,14,19H,1-5H3. The van der Waals surface area contributed by atoms with Crippen molar-refractivity contribution in [3.63, 3.8) is 0 Å². The van der Waals surface area contributed by atoms with Gasteiger partial charge in [-0.1, -0.05) is 6.07 Å². The highest BCUT2D eigenvalue weighted by atomic mass is 16.5. The molecular weight excluding hydrogens is 342 g/mol. The van der Waals surface area contributed by atoms with E-state index in [0.29, 0.717) is 22.8 Å². The Morgan fingerprint density at radius 3 is 1.77 bits per heavy atom. The van der Waals surface area contributed by atoms with E-state index >= 15 is 0 Å². The Morgan fingerprint density at radius 1 is 0.808 bits per heavy atom. The van der Waals surface area contributed by atoms with Crippen molar-refractivity contribution < 1.29 is 33.3 Å². The predicted octanol–water partition coefficient (Wildman–Crippen LogP) is 1.51. The summed E-state index contributed by atoms with van der Waals surface area (Å²) in [6, 6.07) is 3.37. The Bertz CT molecular complexity index is 735. The first kappa shape index (κ1) is 19.2. The third-order valence-corrected chi connectivity index (χ3v) is 3.99. The van der Waals surface area contributed by atoms with Gasteiger partial charge in [0.2, 0.25) is 5.75 Å². The molecule has 0 saturated heterocycles. The lowest BCUT2D eigenvalue weighted by molar-refractivity contribution is -0.137. The molecule has 1 heterocycles. The zero-order valence-corrected chi connectivity index (χ0v) is 15.2. The van der Waals surface area contributed by atoms with Crippen molar-refractivity contribution in [3.05, 3.63) is 41.2 Å². The van der Waals surface area contributed by atoms with Crippen LogP contribution in [0.25, 0.3) is 0 Å². The zero-order valence-electron chi connectivity index (χ0n) is 15.2. The summed E-state index contributed by atoms with van der Waals surface area (Å²) in [6.45, 7) is 0. The highest BCUT2D eigenvalue weighted by molar-refractivity contribution is 5.99. The second-order valence-electron chi connectivity index (χ2n) is 5.21. The smallest absolute Gasteiger partial charge is 0.336 e. The summed E-state index contributed by atoms with van der Waals surface area (Å²) in [5, 5.41) is 2.78. The van der Waals surface area contributed by atoms with Gasteiger partial charge in [0, 0.05) is 18.0 Å². The minimum atomic E-state index is -0.772. The topological polar surface area (TPSA) is 92.3 Å². The number of benzene rings is 1. The second-order valence-corrected chi connectivity index (χ2v) is 5.21. The molecule has 0 spiro atoms. The summed E-state index contributed by atoms with van der Waals surface area (Å²) in [5.41, 5.74) is 0.974. The lowest BCUT2D eigenvalue weighted by Gasteiger charge is -2.26. The fraction of sp³-hybridized carbons (Fsp3) is 0.333. The van der Waals surface area contributed by atoms with Gasteiger partial charge in [-0.25, -0.2) is 9.59 Å². The van der Waals surface area contributed by atoms with E-state index < -0.39 is 17.9 Å². The number of methoxy groups -OCH3 is 5. The van der Waals surface area contributed by atoms with Crippen LogP contribution in [0.5, 0.6) is 17.2 Å². The Balaban J connectivity index is 2.71. The van der Waals surface area contributed by atoms with Crippen molar-refractivity contribution in [1.82, 2.24) is 5.32 Å². The Labute approximate surface area is 151 Å². The van der Waals surface area contributed by atoms with Crippen molar-refractivity contribution in [2.24, 2.45) is 0 Å². The maximum Gasteiger partial charge on any atom is 0.336 e. The molecule has 0 unspecified atom stereocenters. The van der Waals surface area contributed by atoms with Crippen LogP contribution in [-0.4, -0.2) is 47.5 Å². The van der Waals surface area contributed by atoms with Crippen molar-refractivity contribution >= 4 is 11.9 Å². The lowest BCUT2D eigenvalue weighted by atomic mass is 9.83. The van der Waals surface area contributed by atoms with Crippen LogP contribution in [-0.2, 0) is 19.1 Å². The van der Waals surface area contributed by atoms with Gasteiger partial charge in [-0.05, 0) is 6.07 Å². The van der Waals surface area contributed by atoms with Crippen LogP contribution in [0.3, 0.4) is 0 Å². The van der Waals surface area contributed by atoms with E-state index in [1.165, 1.54) is 47.9 Å². The van der Waals surface area contributed by atoms with E-state index in [1.54, 1.807) is 12.1 Å². The third-order valence-electron chi connectivity index (χ3n) is 3.99. The Kier molecular flexibility index (Phi) is 6.11. The number of carbonyl (C=O) groups is 2. The molecule has 0 amide bonds. The molecule has 1 N–H and O–H groups in total. The highest BCUT2D eigenvalue weighted by Gasteiger charge is 2.36. The Morgan fingerprint density at radius 2 is 1.35 bits per heavy atom. The molecule has 1 aromatic rings. The summed E-state index contributed by atoms with van der Waals surface area (Å²) in [6.07, 6.45) is 2.94. The third kappa shape index (κ3) is 3.30. The number of ether oxygens (including phenoxy) is 5. The summed E-state index contributed by atoms with van der Waals surface area (Å²) in [5.74, 6) is -0.814. The molecule has 8 nitrogen and oxygen atoms in total. The summed E-state index contributed by atoms with van der Waals surface area (Å²) >= 11 is 0. The number of nitrogens with one attached hydrogen (secondary N) is 1. The molecule has 26 heavy (non-hydrogen) atoms. The van der Waals surface area contributed by atoms with E-state index in [0.717, 1.165) is 0 Å². The first-order valence-electron chi connectivity index (χ1n) is 7.65. The van der Waals surface area contributed by atoms with Gasteiger partial charge in [0.05, 0.1) is 52.6 Å². The first-order valence-corrected chi connectivity index (χ1v) is 7.65. The largest absolute Gasteiger partial charge is 0.493 e. The SMILES string of the molecule is COC(=O)C1=CNC=C(C(=O)OC)C1c1ccc(OC)c(OC)c1OC. The van der Waals surface area contributed by atoms with Crippen molar-refractivity contribution in [2.45, 2.75) is 5.92 Å².